The van der Waals surface area contributed by atoms with Crippen LogP contribution in [0.5, 0.6) is 0 Å². The Hall–Kier alpha value is -2.38. The maximum atomic E-state index is 13.7. The molecule has 0 atom stereocenters. The molecule has 0 heterocycles. The molecule has 0 aliphatic heterocycles. The molecule has 0 unspecified atom stereocenters. The number of rotatable bonds is 2. The van der Waals surface area contributed by atoms with E-state index in [9.17, 15) is 9.18 Å². The zero-order valence-corrected chi connectivity index (χ0v) is 11.3. The fourth-order valence-corrected chi connectivity index (χ4v) is 1.78. The number of amides is 1. The molecule has 100 valence electrons. The van der Waals surface area contributed by atoms with Gasteiger partial charge < -0.3 is 5.32 Å². The molecule has 5 heteroatoms. The van der Waals surface area contributed by atoms with Gasteiger partial charge in [-0.2, -0.15) is 5.26 Å². The van der Waals surface area contributed by atoms with Gasteiger partial charge in [-0.1, -0.05) is 11.6 Å². The van der Waals surface area contributed by atoms with Crippen molar-refractivity contribution in [3.8, 4) is 6.07 Å². The van der Waals surface area contributed by atoms with Gasteiger partial charge in [0, 0.05) is 10.6 Å². The Morgan fingerprint density at radius 3 is 2.65 bits per heavy atom. The van der Waals surface area contributed by atoms with Crippen LogP contribution < -0.4 is 5.32 Å². The van der Waals surface area contributed by atoms with Gasteiger partial charge in [0.05, 0.1) is 17.3 Å². The van der Waals surface area contributed by atoms with Gasteiger partial charge in [0.1, 0.15) is 5.82 Å². The van der Waals surface area contributed by atoms with Crippen LogP contribution in [0.2, 0.25) is 5.02 Å². The first-order chi connectivity index (χ1) is 9.51. The number of halogens is 2. The molecule has 2 aromatic carbocycles. The number of carbonyl (C=O) groups is 1. The quantitative estimate of drug-likeness (QED) is 0.911. The Morgan fingerprint density at radius 2 is 2.05 bits per heavy atom. The van der Waals surface area contributed by atoms with Crippen LogP contribution >= 0.6 is 11.6 Å². The average molecular weight is 289 g/mol. The summed E-state index contributed by atoms with van der Waals surface area (Å²) in [6.45, 7) is 1.78. The molecule has 0 fully saturated rings. The summed E-state index contributed by atoms with van der Waals surface area (Å²) >= 11 is 5.88. The van der Waals surface area contributed by atoms with Crippen molar-refractivity contribution in [2.75, 3.05) is 5.32 Å². The molecule has 0 aliphatic rings. The first kappa shape index (κ1) is 14.0. The number of hydrogen-bond acceptors (Lipinski definition) is 2. The number of nitrogens with one attached hydrogen (secondary N) is 1. The van der Waals surface area contributed by atoms with E-state index in [4.69, 9.17) is 16.9 Å². The van der Waals surface area contributed by atoms with Crippen molar-refractivity contribution >= 4 is 23.2 Å². The molecule has 0 saturated carbocycles. The summed E-state index contributed by atoms with van der Waals surface area (Å²) in [6.07, 6.45) is 0. The molecule has 0 aliphatic carbocycles. The highest BCUT2D eigenvalue weighted by atomic mass is 35.5. The molecular formula is C15H10ClFN2O. The Balaban J connectivity index is 2.23. The molecule has 2 rings (SSSR count). The third kappa shape index (κ3) is 2.95. The highest BCUT2D eigenvalue weighted by Crippen LogP contribution is 2.19. The fraction of sp³-hybridized carbons (Fsp3) is 0.0667. The highest BCUT2D eigenvalue weighted by Gasteiger charge is 2.10. The van der Waals surface area contributed by atoms with Gasteiger partial charge in [0.25, 0.3) is 5.91 Å². The minimum atomic E-state index is -0.650. The van der Waals surface area contributed by atoms with Crippen LogP contribution in [-0.2, 0) is 0 Å². The maximum Gasteiger partial charge on any atom is 0.255 e. The van der Waals surface area contributed by atoms with Gasteiger partial charge in [-0.05, 0) is 48.9 Å². The van der Waals surface area contributed by atoms with Crippen molar-refractivity contribution < 1.29 is 9.18 Å². The minimum Gasteiger partial charge on any atom is -0.319 e. The monoisotopic (exact) mass is 288 g/mol. The molecule has 0 radical (unpaired) electrons. The average Bonchev–Trinajstić information content (AvgIpc) is 2.43. The lowest BCUT2D eigenvalue weighted by Crippen LogP contribution is -2.13. The van der Waals surface area contributed by atoms with E-state index in [-0.39, 0.29) is 11.3 Å². The van der Waals surface area contributed by atoms with Crippen LogP contribution in [0.3, 0.4) is 0 Å². The van der Waals surface area contributed by atoms with Gasteiger partial charge in [-0.3, -0.25) is 4.79 Å². The summed E-state index contributed by atoms with van der Waals surface area (Å²) in [5.41, 5.74) is 1.37. The second kappa shape index (κ2) is 5.72. The number of hydrogen-bond donors (Lipinski definition) is 1. The minimum absolute atomic E-state index is 0.0293. The van der Waals surface area contributed by atoms with E-state index in [1.165, 1.54) is 12.1 Å². The zero-order valence-electron chi connectivity index (χ0n) is 10.6. The molecule has 1 N–H and O–H groups in total. The Bertz CT molecular complexity index is 722. The van der Waals surface area contributed by atoms with Gasteiger partial charge >= 0.3 is 0 Å². The lowest BCUT2D eigenvalue weighted by atomic mass is 10.1. The first-order valence-electron chi connectivity index (χ1n) is 5.78. The Morgan fingerprint density at radius 1 is 1.30 bits per heavy atom. The third-order valence-corrected chi connectivity index (χ3v) is 3.19. The van der Waals surface area contributed by atoms with Crippen molar-refractivity contribution in [1.29, 1.82) is 5.26 Å². The van der Waals surface area contributed by atoms with E-state index in [0.29, 0.717) is 10.6 Å². The van der Waals surface area contributed by atoms with Gasteiger partial charge in [0.2, 0.25) is 0 Å². The number of carbonyl (C=O) groups excluding carboxylic acids is 1. The standard InChI is InChI=1S/C15H10ClFN2O/c1-9-6-11(3-4-12(9)16)15(20)19-14-5-2-10(8-18)7-13(14)17/h2-7H,1H3,(H,19,20). The smallest absolute Gasteiger partial charge is 0.255 e. The molecule has 0 aromatic heterocycles. The van der Waals surface area contributed by atoms with E-state index in [0.717, 1.165) is 11.6 Å². The first-order valence-corrected chi connectivity index (χ1v) is 6.16. The van der Waals surface area contributed by atoms with Gasteiger partial charge in [-0.15, -0.1) is 0 Å². The Kier molecular flexibility index (Phi) is 4.02. The number of nitrogens with zero attached hydrogens (tertiary/aromatic N) is 1. The predicted octanol–water partition coefficient (Wildman–Crippen LogP) is 3.91. The topological polar surface area (TPSA) is 52.9 Å². The summed E-state index contributed by atoms with van der Waals surface area (Å²) in [5, 5.41) is 11.7. The highest BCUT2D eigenvalue weighted by molar-refractivity contribution is 6.31. The summed E-state index contributed by atoms with van der Waals surface area (Å²) in [7, 11) is 0. The van der Waals surface area contributed by atoms with E-state index in [1.54, 1.807) is 25.1 Å². The number of benzene rings is 2. The normalized spacial score (nSPS) is 9.90. The van der Waals surface area contributed by atoms with Crippen molar-refractivity contribution in [3.63, 3.8) is 0 Å². The van der Waals surface area contributed by atoms with Crippen LogP contribution in [0.4, 0.5) is 10.1 Å². The molecule has 0 bridgehead atoms. The molecule has 0 spiro atoms. The number of aryl methyl sites for hydroxylation is 1. The summed E-state index contributed by atoms with van der Waals surface area (Å²) in [4.78, 5) is 12.0. The fourth-order valence-electron chi connectivity index (χ4n) is 1.67. The van der Waals surface area contributed by atoms with E-state index in [1.807, 2.05) is 6.07 Å². The van der Waals surface area contributed by atoms with Crippen molar-refractivity contribution in [1.82, 2.24) is 0 Å². The van der Waals surface area contributed by atoms with E-state index < -0.39 is 11.7 Å². The molecule has 2 aromatic rings. The van der Waals surface area contributed by atoms with Gasteiger partial charge in [-0.25, -0.2) is 4.39 Å². The van der Waals surface area contributed by atoms with Crippen molar-refractivity contribution in [3.05, 3.63) is 63.9 Å². The number of anilines is 1. The lowest BCUT2D eigenvalue weighted by molar-refractivity contribution is 0.102. The molecular weight excluding hydrogens is 279 g/mol. The van der Waals surface area contributed by atoms with Crippen LogP contribution in [0.1, 0.15) is 21.5 Å². The Labute approximate surface area is 120 Å². The summed E-state index contributed by atoms with van der Waals surface area (Å²) in [6, 6.07) is 10.5. The molecule has 1 amide bonds. The second-order valence-electron chi connectivity index (χ2n) is 4.22. The molecule has 20 heavy (non-hydrogen) atoms. The van der Waals surface area contributed by atoms with Crippen LogP contribution in [0.25, 0.3) is 0 Å². The maximum absolute atomic E-state index is 13.7. The van der Waals surface area contributed by atoms with Gasteiger partial charge in [0.15, 0.2) is 0 Å². The second-order valence-corrected chi connectivity index (χ2v) is 4.63. The largest absolute Gasteiger partial charge is 0.319 e. The van der Waals surface area contributed by atoms with E-state index in [2.05, 4.69) is 5.32 Å². The van der Waals surface area contributed by atoms with Crippen LogP contribution in [-0.4, -0.2) is 5.91 Å². The third-order valence-electron chi connectivity index (χ3n) is 2.77. The summed E-state index contributed by atoms with van der Waals surface area (Å²) < 4.78 is 13.7. The van der Waals surface area contributed by atoms with Crippen molar-refractivity contribution in [2.45, 2.75) is 6.92 Å². The van der Waals surface area contributed by atoms with Crippen LogP contribution in [0, 0.1) is 24.1 Å². The van der Waals surface area contributed by atoms with E-state index >= 15 is 0 Å². The molecule has 0 saturated heterocycles. The molecule has 3 nitrogen and oxygen atoms in total. The van der Waals surface area contributed by atoms with Crippen molar-refractivity contribution in [2.24, 2.45) is 0 Å². The van der Waals surface area contributed by atoms with Crippen LogP contribution in [0.15, 0.2) is 36.4 Å². The predicted molar refractivity (Wildman–Crippen MR) is 75.3 cm³/mol. The SMILES string of the molecule is Cc1cc(C(=O)Nc2ccc(C#N)cc2F)ccc1Cl. The lowest BCUT2D eigenvalue weighted by Gasteiger charge is -2.07. The zero-order chi connectivity index (χ0) is 14.7. The summed E-state index contributed by atoms with van der Waals surface area (Å²) in [5.74, 6) is -1.09. The number of nitriles is 1.